The highest BCUT2D eigenvalue weighted by atomic mass is 32.2. The second kappa shape index (κ2) is 19.2. The average molecular weight is 807 g/mol. The first-order valence-electron chi connectivity index (χ1n) is 16.2. The van der Waals surface area contributed by atoms with Gasteiger partial charge in [-0.15, -0.1) is 0 Å². The molecule has 0 spiro atoms. The predicted octanol–water partition coefficient (Wildman–Crippen LogP) is 4.27. The zero-order valence-corrected chi connectivity index (χ0v) is 31.7. The van der Waals surface area contributed by atoms with E-state index in [1.165, 1.54) is 69.9 Å². The van der Waals surface area contributed by atoms with Gasteiger partial charge in [0.25, 0.3) is 31.4 Å². The standard InChI is InChI=1S/C37H34N4O13S2/c1-51-29-25-33(52-2)30(34(26-29)53-3)27-39(56(49,50)36-20-10-8-18-32(36)41(45)46)23-12-11-21-38(55(47,48)35-19-9-7-17-31(35)40(43)44)22-13-14-24-54-37(42)28-15-5-4-6-16-28/h4-10,15-20,25-26H,21-24,27H2,1-3H3. The summed E-state index contributed by atoms with van der Waals surface area (Å²) < 4.78 is 78.8. The van der Waals surface area contributed by atoms with Gasteiger partial charge in [0.2, 0.25) is 0 Å². The number of benzene rings is 4. The molecular formula is C37H34N4O13S2. The van der Waals surface area contributed by atoms with Crippen LogP contribution in [-0.2, 0) is 31.3 Å². The molecule has 0 unspecified atom stereocenters. The van der Waals surface area contributed by atoms with E-state index in [1.807, 2.05) is 0 Å². The third-order valence-electron chi connectivity index (χ3n) is 7.81. The van der Waals surface area contributed by atoms with Crippen molar-refractivity contribution in [2.75, 3.05) is 47.6 Å². The molecule has 4 aromatic carbocycles. The van der Waals surface area contributed by atoms with Crippen LogP contribution in [0.5, 0.6) is 17.2 Å². The zero-order valence-electron chi connectivity index (χ0n) is 30.1. The van der Waals surface area contributed by atoms with Gasteiger partial charge in [0.05, 0.1) is 61.9 Å². The summed E-state index contributed by atoms with van der Waals surface area (Å²) in [6.45, 7) is -2.72. The monoisotopic (exact) mass is 806 g/mol. The lowest BCUT2D eigenvalue weighted by molar-refractivity contribution is -0.388. The summed E-state index contributed by atoms with van der Waals surface area (Å²) in [5.41, 5.74) is -0.927. The third-order valence-corrected chi connectivity index (χ3v) is 11.5. The number of ether oxygens (including phenoxy) is 4. The lowest BCUT2D eigenvalue weighted by Crippen LogP contribution is -2.33. The Morgan fingerprint density at radius 1 is 0.643 bits per heavy atom. The van der Waals surface area contributed by atoms with Crippen molar-refractivity contribution < 1.29 is 50.4 Å². The molecule has 0 aliphatic rings. The number of esters is 1. The molecule has 4 aromatic rings. The summed E-state index contributed by atoms with van der Waals surface area (Å²) in [5.74, 6) is 10.3. The first-order chi connectivity index (χ1) is 26.8. The van der Waals surface area contributed by atoms with Crippen LogP contribution in [0.1, 0.15) is 15.9 Å². The maximum Gasteiger partial charge on any atom is 0.339 e. The van der Waals surface area contributed by atoms with Crippen molar-refractivity contribution in [1.29, 1.82) is 0 Å². The fourth-order valence-corrected chi connectivity index (χ4v) is 7.91. The van der Waals surface area contributed by atoms with E-state index in [-0.39, 0.29) is 22.6 Å². The smallest absolute Gasteiger partial charge is 0.339 e. The molecule has 0 radical (unpaired) electrons. The molecule has 0 N–H and O–H groups in total. The van der Waals surface area contributed by atoms with Crippen LogP contribution in [0.2, 0.25) is 0 Å². The van der Waals surface area contributed by atoms with Gasteiger partial charge in [0.1, 0.15) is 17.2 Å². The Labute approximate surface area is 322 Å². The Balaban J connectivity index is 1.71. The van der Waals surface area contributed by atoms with E-state index in [9.17, 15) is 41.9 Å². The van der Waals surface area contributed by atoms with Gasteiger partial charge < -0.3 is 18.9 Å². The topological polar surface area (TPSA) is 215 Å². The van der Waals surface area contributed by atoms with Gasteiger partial charge in [-0.05, 0) is 24.3 Å². The number of nitrogens with zero attached hydrogens (tertiary/aromatic N) is 4. The van der Waals surface area contributed by atoms with Gasteiger partial charge in [0.15, 0.2) is 16.4 Å². The van der Waals surface area contributed by atoms with Crippen LogP contribution in [-0.4, -0.2) is 88.8 Å². The number of carbonyl (C=O) groups is 1. The number of methoxy groups -OCH3 is 3. The summed E-state index contributed by atoms with van der Waals surface area (Å²) in [6.07, 6.45) is 0. The van der Waals surface area contributed by atoms with Crippen LogP contribution >= 0.6 is 0 Å². The number of sulfonamides is 2. The van der Waals surface area contributed by atoms with Gasteiger partial charge in [0, 0.05) is 30.8 Å². The van der Waals surface area contributed by atoms with Gasteiger partial charge in [-0.25, -0.2) is 21.6 Å². The maximum atomic E-state index is 14.1. The molecule has 19 heteroatoms. The van der Waals surface area contributed by atoms with E-state index in [0.29, 0.717) is 5.75 Å². The van der Waals surface area contributed by atoms with Crippen molar-refractivity contribution in [2.45, 2.75) is 16.3 Å². The quantitative estimate of drug-likeness (QED) is 0.0670. The van der Waals surface area contributed by atoms with Gasteiger partial charge in [-0.2, -0.15) is 8.61 Å². The zero-order chi connectivity index (χ0) is 40.9. The highest BCUT2D eigenvalue weighted by Gasteiger charge is 2.33. The Morgan fingerprint density at radius 2 is 1.09 bits per heavy atom. The van der Waals surface area contributed by atoms with E-state index in [2.05, 4.69) is 23.7 Å². The number of nitro benzene ring substituents is 2. The van der Waals surface area contributed by atoms with Crippen molar-refractivity contribution in [2.24, 2.45) is 0 Å². The molecule has 4 rings (SSSR count). The number of carbonyl (C=O) groups excluding carboxylic acids is 1. The Kier molecular flexibility index (Phi) is 14.5. The molecule has 0 saturated carbocycles. The Bertz CT molecular complexity index is 2410. The van der Waals surface area contributed by atoms with Crippen molar-refractivity contribution >= 4 is 37.4 Å². The van der Waals surface area contributed by atoms with Crippen molar-refractivity contribution in [3.05, 3.63) is 122 Å². The Hall–Kier alpha value is -6.51. The van der Waals surface area contributed by atoms with Gasteiger partial charge in [-0.3, -0.25) is 20.2 Å². The molecule has 56 heavy (non-hydrogen) atoms. The fraction of sp³-hybridized carbons (Fsp3) is 0.216. The van der Waals surface area contributed by atoms with Crippen LogP contribution in [0.3, 0.4) is 0 Å². The summed E-state index contributed by atoms with van der Waals surface area (Å²) in [5, 5.41) is 23.6. The average Bonchev–Trinajstić information content (AvgIpc) is 3.20. The van der Waals surface area contributed by atoms with Crippen molar-refractivity contribution in [1.82, 2.24) is 8.61 Å². The van der Waals surface area contributed by atoms with Crippen LogP contribution in [0.15, 0.2) is 101 Å². The first kappa shape index (κ1) is 42.2. The lowest BCUT2D eigenvalue weighted by atomic mass is 10.1. The minimum absolute atomic E-state index is 0.159. The molecule has 0 aliphatic carbocycles. The van der Waals surface area contributed by atoms with Crippen molar-refractivity contribution in [3.63, 3.8) is 0 Å². The third kappa shape index (κ3) is 10.2. The van der Waals surface area contributed by atoms with E-state index in [0.717, 1.165) is 32.9 Å². The molecule has 0 heterocycles. The highest BCUT2D eigenvalue weighted by Crippen LogP contribution is 2.37. The number of nitro groups is 2. The largest absolute Gasteiger partial charge is 0.496 e. The normalized spacial score (nSPS) is 11.1. The molecule has 0 amide bonds. The number of para-hydroxylation sites is 2. The molecule has 17 nitrogen and oxygen atoms in total. The minimum Gasteiger partial charge on any atom is -0.496 e. The predicted molar refractivity (Wildman–Crippen MR) is 201 cm³/mol. The molecule has 0 fully saturated rings. The summed E-state index contributed by atoms with van der Waals surface area (Å²) >= 11 is 0. The lowest BCUT2D eigenvalue weighted by Gasteiger charge is -2.23. The van der Waals surface area contributed by atoms with E-state index in [1.54, 1.807) is 18.2 Å². The van der Waals surface area contributed by atoms with E-state index in [4.69, 9.17) is 18.9 Å². The van der Waals surface area contributed by atoms with Crippen molar-refractivity contribution in [3.8, 4) is 40.9 Å². The molecule has 0 aliphatic heterocycles. The molecular weight excluding hydrogens is 773 g/mol. The van der Waals surface area contributed by atoms with Crippen LogP contribution < -0.4 is 14.2 Å². The first-order valence-corrected chi connectivity index (χ1v) is 19.0. The summed E-state index contributed by atoms with van der Waals surface area (Å²) in [6, 6.07) is 20.4. The summed E-state index contributed by atoms with van der Waals surface area (Å²) in [4.78, 5) is 32.9. The van der Waals surface area contributed by atoms with E-state index >= 15 is 0 Å². The number of rotatable bonds is 16. The van der Waals surface area contributed by atoms with E-state index < -0.39 is 89.8 Å². The minimum atomic E-state index is -4.70. The molecule has 0 saturated heterocycles. The molecule has 292 valence electrons. The summed E-state index contributed by atoms with van der Waals surface area (Å²) in [7, 11) is -5.28. The highest BCUT2D eigenvalue weighted by molar-refractivity contribution is 7.89. The molecule has 0 aromatic heterocycles. The van der Waals surface area contributed by atoms with Gasteiger partial charge in [-0.1, -0.05) is 66.1 Å². The van der Waals surface area contributed by atoms with Gasteiger partial charge >= 0.3 is 5.97 Å². The fourth-order valence-electron chi connectivity index (χ4n) is 5.03. The number of hydrogen-bond acceptors (Lipinski definition) is 13. The molecule has 0 bridgehead atoms. The Morgan fingerprint density at radius 3 is 1.57 bits per heavy atom. The number of hydrogen-bond donors (Lipinski definition) is 0. The molecule has 0 atom stereocenters. The SMILES string of the molecule is COc1cc(OC)c(CN(CC#CCN(CC#CCOC(=O)c2ccccc2)S(=O)(=O)c2ccccc2[N+](=O)[O-])S(=O)(=O)c2ccccc2[N+](=O)[O-])c(OC)c1. The van der Waals surface area contributed by atoms with Crippen LogP contribution in [0.25, 0.3) is 0 Å². The second-order valence-corrected chi connectivity index (χ2v) is 15.0. The van der Waals surface area contributed by atoms with Crippen LogP contribution in [0.4, 0.5) is 11.4 Å². The van der Waals surface area contributed by atoms with Crippen LogP contribution in [0, 0.1) is 43.9 Å². The maximum absolute atomic E-state index is 14.1. The second-order valence-electron chi connectivity index (χ2n) is 11.2.